The van der Waals surface area contributed by atoms with Gasteiger partial charge in [-0.2, -0.15) is 0 Å². The van der Waals surface area contributed by atoms with E-state index in [0.717, 1.165) is 17.2 Å². The van der Waals surface area contributed by atoms with Crippen LogP contribution < -0.4 is 0 Å². The summed E-state index contributed by atoms with van der Waals surface area (Å²) in [6, 6.07) is 11.2. The third-order valence-corrected chi connectivity index (χ3v) is 2.60. The quantitative estimate of drug-likeness (QED) is 0.808. The highest BCUT2D eigenvalue weighted by Crippen LogP contribution is 2.20. The summed E-state index contributed by atoms with van der Waals surface area (Å²) in [6.07, 6.45) is 0.962. The molecule has 0 radical (unpaired) electrons. The van der Waals surface area contributed by atoms with Gasteiger partial charge in [-0.05, 0) is 34.9 Å². The maximum Gasteiger partial charge on any atom is 0.335 e. The number of carboxylic acid groups (broad SMARTS) is 1. The highest BCUT2D eigenvalue weighted by Gasteiger charge is 2.04. The fourth-order valence-corrected chi connectivity index (χ4v) is 1.79. The Bertz CT molecular complexity index is 515. The molecule has 15 heavy (non-hydrogen) atoms. The van der Waals surface area contributed by atoms with E-state index in [1.807, 2.05) is 18.2 Å². The molecule has 0 aliphatic heterocycles. The topological polar surface area (TPSA) is 37.3 Å². The maximum absolute atomic E-state index is 10.8. The van der Waals surface area contributed by atoms with E-state index in [2.05, 4.69) is 13.0 Å². The highest BCUT2D eigenvalue weighted by molar-refractivity contribution is 5.95. The second-order valence-electron chi connectivity index (χ2n) is 3.51. The van der Waals surface area contributed by atoms with Crippen LogP contribution >= 0.6 is 0 Å². The van der Waals surface area contributed by atoms with Gasteiger partial charge in [0.15, 0.2) is 0 Å². The van der Waals surface area contributed by atoms with Gasteiger partial charge >= 0.3 is 5.97 Å². The Hall–Kier alpha value is -1.83. The minimum Gasteiger partial charge on any atom is -0.478 e. The van der Waals surface area contributed by atoms with Gasteiger partial charge in [-0.1, -0.05) is 31.2 Å². The monoisotopic (exact) mass is 200 g/mol. The molecule has 1 N–H and O–H groups in total. The van der Waals surface area contributed by atoms with Gasteiger partial charge in [0.2, 0.25) is 0 Å². The molecule has 0 spiro atoms. The van der Waals surface area contributed by atoms with E-state index in [1.165, 1.54) is 5.56 Å². The smallest absolute Gasteiger partial charge is 0.335 e. The predicted molar refractivity (Wildman–Crippen MR) is 60.3 cm³/mol. The molecule has 2 heteroatoms. The molecule has 0 heterocycles. The van der Waals surface area contributed by atoms with Crippen molar-refractivity contribution < 1.29 is 9.90 Å². The lowest BCUT2D eigenvalue weighted by Crippen LogP contribution is -1.95. The van der Waals surface area contributed by atoms with Gasteiger partial charge < -0.3 is 5.11 Å². The summed E-state index contributed by atoms with van der Waals surface area (Å²) in [4.78, 5) is 10.8. The number of aromatic carboxylic acids is 1. The Morgan fingerprint density at radius 2 is 2.07 bits per heavy atom. The molecule has 0 aliphatic carbocycles. The van der Waals surface area contributed by atoms with Gasteiger partial charge in [0, 0.05) is 0 Å². The summed E-state index contributed by atoms with van der Waals surface area (Å²) in [5.41, 5.74) is 1.60. The lowest BCUT2D eigenvalue weighted by molar-refractivity contribution is 0.0697. The van der Waals surface area contributed by atoms with Gasteiger partial charge in [-0.25, -0.2) is 4.79 Å². The molecular formula is C13H12O2. The minimum absolute atomic E-state index is 0.343. The van der Waals surface area contributed by atoms with Gasteiger partial charge in [0.25, 0.3) is 0 Å². The van der Waals surface area contributed by atoms with Crippen molar-refractivity contribution in [2.24, 2.45) is 0 Å². The van der Waals surface area contributed by atoms with E-state index in [1.54, 1.807) is 12.1 Å². The third kappa shape index (κ3) is 1.71. The molecule has 0 fully saturated rings. The first-order chi connectivity index (χ1) is 7.22. The Labute approximate surface area is 88.2 Å². The van der Waals surface area contributed by atoms with Crippen LogP contribution in [0, 0.1) is 0 Å². The fraction of sp³-hybridized carbons (Fsp3) is 0.154. The second-order valence-corrected chi connectivity index (χ2v) is 3.51. The minimum atomic E-state index is -0.876. The standard InChI is InChI=1S/C13H12O2/c1-2-9-4-3-5-10-8-11(13(14)15)6-7-12(9)10/h3-8H,2H2,1H3,(H,14,15). The van der Waals surface area contributed by atoms with Crippen molar-refractivity contribution in [3.8, 4) is 0 Å². The molecular weight excluding hydrogens is 188 g/mol. The third-order valence-electron chi connectivity index (χ3n) is 2.60. The van der Waals surface area contributed by atoms with Crippen LogP contribution in [0.5, 0.6) is 0 Å². The average molecular weight is 200 g/mol. The maximum atomic E-state index is 10.8. The first kappa shape index (κ1) is 9.71. The molecule has 0 aliphatic rings. The SMILES string of the molecule is CCc1cccc2cc(C(=O)O)ccc12. The molecule has 0 bridgehead atoms. The number of carbonyl (C=O) groups is 1. The van der Waals surface area contributed by atoms with Gasteiger partial charge in [0.1, 0.15) is 0 Å². The van der Waals surface area contributed by atoms with Crippen molar-refractivity contribution in [2.45, 2.75) is 13.3 Å². The van der Waals surface area contributed by atoms with Gasteiger partial charge in [-0.3, -0.25) is 0 Å². The van der Waals surface area contributed by atoms with Crippen molar-refractivity contribution in [1.82, 2.24) is 0 Å². The number of aryl methyl sites for hydroxylation is 1. The Morgan fingerprint density at radius 3 is 2.73 bits per heavy atom. The van der Waals surface area contributed by atoms with Crippen molar-refractivity contribution >= 4 is 16.7 Å². The molecule has 0 aromatic heterocycles. The largest absolute Gasteiger partial charge is 0.478 e. The summed E-state index contributed by atoms with van der Waals surface area (Å²) in [7, 11) is 0. The molecule has 0 unspecified atom stereocenters. The van der Waals surface area contributed by atoms with Crippen molar-refractivity contribution in [3.63, 3.8) is 0 Å². The highest BCUT2D eigenvalue weighted by atomic mass is 16.4. The molecule has 2 nitrogen and oxygen atoms in total. The van der Waals surface area contributed by atoms with E-state index in [-0.39, 0.29) is 0 Å². The van der Waals surface area contributed by atoms with Crippen LogP contribution in [0.4, 0.5) is 0 Å². The summed E-state index contributed by atoms with van der Waals surface area (Å²) in [5.74, 6) is -0.876. The lowest BCUT2D eigenvalue weighted by Gasteiger charge is -2.04. The number of benzene rings is 2. The second kappa shape index (κ2) is 3.73. The van der Waals surface area contributed by atoms with Crippen LogP contribution in [0.3, 0.4) is 0 Å². The van der Waals surface area contributed by atoms with Crippen LogP contribution in [-0.4, -0.2) is 11.1 Å². The zero-order valence-corrected chi connectivity index (χ0v) is 8.53. The van der Waals surface area contributed by atoms with Crippen LogP contribution in [0.2, 0.25) is 0 Å². The lowest BCUT2D eigenvalue weighted by atomic mass is 10.0. The molecule has 0 saturated heterocycles. The molecule has 0 atom stereocenters. The Balaban J connectivity index is 2.69. The summed E-state index contributed by atoms with van der Waals surface area (Å²) < 4.78 is 0. The molecule has 0 amide bonds. The van der Waals surface area contributed by atoms with Gasteiger partial charge in [-0.15, -0.1) is 0 Å². The van der Waals surface area contributed by atoms with Crippen molar-refractivity contribution in [3.05, 3.63) is 47.5 Å². The molecule has 0 saturated carbocycles. The Morgan fingerprint density at radius 1 is 1.27 bits per heavy atom. The van der Waals surface area contributed by atoms with E-state index in [9.17, 15) is 4.79 Å². The summed E-state index contributed by atoms with van der Waals surface area (Å²) >= 11 is 0. The molecule has 2 aromatic rings. The van der Waals surface area contributed by atoms with Crippen LogP contribution in [0.15, 0.2) is 36.4 Å². The number of hydrogen-bond acceptors (Lipinski definition) is 1. The Kier molecular flexibility index (Phi) is 2.42. The molecule has 76 valence electrons. The average Bonchev–Trinajstić information content (AvgIpc) is 2.27. The zero-order valence-electron chi connectivity index (χ0n) is 8.53. The predicted octanol–water partition coefficient (Wildman–Crippen LogP) is 3.10. The van der Waals surface area contributed by atoms with Crippen molar-refractivity contribution in [1.29, 1.82) is 0 Å². The van der Waals surface area contributed by atoms with E-state index in [4.69, 9.17) is 5.11 Å². The number of rotatable bonds is 2. The first-order valence-corrected chi connectivity index (χ1v) is 4.97. The number of fused-ring (bicyclic) bond motifs is 1. The first-order valence-electron chi connectivity index (χ1n) is 4.97. The molecule has 2 aromatic carbocycles. The normalized spacial score (nSPS) is 10.5. The zero-order chi connectivity index (χ0) is 10.8. The number of carboxylic acids is 1. The van der Waals surface area contributed by atoms with Crippen LogP contribution in [0.25, 0.3) is 10.8 Å². The van der Waals surface area contributed by atoms with E-state index in [0.29, 0.717) is 5.56 Å². The van der Waals surface area contributed by atoms with Crippen LogP contribution in [0.1, 0.15) is 22.8 Å². The van der Waals surface area contributed by atoms with Gasteiger partial charge in [0.05, 0.1) is 5.56 Å². The summed E-state index contributed by atoms with van der Waals surface area (Å²) in [5, 5.41) is 11.0. The number of hydrogen-bond donors (Lipinski definition) is 1. The van der Waals surface area contributed by atoms with E-state index < -0.39 is 5.97 Å². The molecule has 2 rings (SSSR count). The fourth-order valence-electron chi connectivity index (χ4n) is 1.79. The van der Waals surface area contributed by atoms with Crippen molar-refractivity contribution in [2.75, 3.05) is 0 Å². The van der Waals surface area contributed by atoms with Crippen LogP contribution in [-0.2, 0) is 6.42 Å². The van der Waals surface area contributed by atoms with E-state index >= 15 is 0 Å². The summed E-state index contributed by atoms with van der Waals surface area (Å²) in [6.45, 7) is 2.10.